The first-order chi connectivity index (χ1) is 7.83. The minimum atomic E-state index is 0.792. The summed E-state index contributed by atoms with van der Waals surface area (Å²) in [5, 5.41) is 11.3. The summed E-state index contributed by atoms with van der Waals surface area (Å²) in [6.45, 7) is 6.19. The Balaban J connectivity index is 1.78. The van der Waals surface area contributed by atoms with Crippen LogP contribution in [-0.4, -0.2) is 46.1 Å². The molecule has 0 radical (unpaired) electrons. The van der Waals surface area contributed by atoms with Crippen molar-refractivity contribution in [3.8, 4) is 0 Å². The zero-order valence-corrected chi connectivity index (χ0v) is 10.2. The fourth-order valence-electron chi connectivity index (χ4n) is 1.98. The van der Waals surface area contributed by atoms with Gasteiger partial charge in [0.05, 0.1) is 12.2 Å². The van der Waals surface area contributed by atoms with Gasteiger partial charge in [-0.2, -0.15) is 0 Å². The minimum absolute atomic E-state index is 0.792. The molecule has 1 N–H and O–H groups in total. The van der Waals surface area contributed by atoms with E-state index in [0.29, 0.717) is 0 Å². The molecular weight excluding hydrogens is 202 g/mol. The number of aromatic nitrogens is 3. The number of hydrogen-bond donors (Lipinski definition) is 1. The van der Waals surface area contributed by atoms with E-state index in [1.807, 2.05) is 17.9 Å². The Morgan fingerprint density at radius 2 is 2.38 bits per heavy atom. The molecule has 0 amide bonds. The van der Waals surface area contributed by atoms with Crippen LogP contribution in [0.2, 0.25) is 0 Å². The van der Waals surface area contributed by atoms with Gasteiger partial charge in [-0.1, -0.05) is 12.1 Å². The van der Waals surface area contributed by atoms with Crippen molar-refractivity contribution in [2.24, 2.45) is 0 Å². The molecule has 1 fully saturated rings. The summed E-state index contributed by atoms with van der Waals surface area (Å²) in [6.07, 6.45) is 4.77. The Morgan fingerprint density at radius 3 is 3.00 bits per heavy atom. The molecule has 1 aromatic heterocycles. The van der Waals surface area contributed by atoms with Crippen LogP contribution in [0.5, 0.6) is 0 Å². The Morgan fingerprint density at radius 1 is 1.56 bits per heavy atom. The SMILES string of the molecule is CCN(CCn1cc(CNC)nn1)C1CC1. The fourth-order valence-corrected chi connectivity index (χ4v) is 1.98. The van der Waals surface area contributed by atoms with E-state index < -0.39 is 0 Å². The first kappa shape index (κ1) is 11.5. The van der Waals surface area contributed by atoms with Gasteiger partial charge in [-0.3, -0.25) is 9.58 Å². The van der Waals surface area contributed by atoms with E-state index in [0.717, 1.165) is 37.9 Å². The van der Waals surface area contributed by atoms with Crippen molar-refractivity contribution in [2.45, 2.75) is 38.9 Å². The molecule has 16 heavy (non-hydrogen) atoms. The number of hydrogen-bond acceptors (Lipinski definition) is 4. The highest BCUT2D eigenvalue weighted by Gasteiger charge is 2.27. The third kappa shape index (κ3) is 3.02. The van der Waals surface area contributed by atoms with Gasteiger partial charge in [0.15, 0.2) is 0 Å². The standard InChI is InChI=1S/C11H21N5/c1-3-15(11-4-5-11)6-7-16-9-10(8-12-2)13-14-16/h9,11-12H,3-8H2,1-2H3. The summed E-state index contributed by atoms with van der Waals surface area (Å²) in [6, 6.07) is 0.838. The summed E-state index contributed by atoms with van der Waals surface area (Å²) in [7, 11) is 1.92. The van der Waals surface area contributed by atoms with Crippen LogP contribution in [-0.2, 0) is 13.1 Å². The number of likely N-dealkylation sites (N-methyl/N-ethyl adjacent to an activating group) is 1. The van der Waals surface area contributed by atoms with E-state index >= 15 is 0 Å². The molecule has 5 heteroatoms. The fraction of sp³-hybridized carbons (Fsp3) is 0.818. The van der Waals surface area contributed by atoms with Crippen molar-refractivity contribution in [1.29, 1.82) is 0 Å². The molecular formula is C11H21N5. The van der Waals surface area contributed by atoms with Crippen LogP contribution in [0, 0.1) is 0 Å². The smallest absolute Gasteiger partial charge is 0.0964 e. The van der Waals surface area contributed by atoms with Gasteiger partial charge >= 0.3 is 0 Å². The summed E-state index contributed by atoms with van der Waals surface area (Å²) >= 11 is 0. The molecule has 1 aliphatic carbocycles. The van der Waals surface area contributed by atoms with Crippen molar-refractivity contribution in [3.05, 3.63) is 11.9 Å². The maximum absolute atomic E-state index is 4.12. The minimum Gasteiger partial charge on any atom is -0.314 e. The van der Waals surface area contributed by atoms with Gasteiger partial charge in [-0.15, -0.1) is 5.10 Å². The highest BCUT2D eigenvalue weighted by molar-refractivity contribution is 4.91. The lowest BCUT2D eigenvalue weighted by molar-refractivity contribution is 0.260. The summed E-state index contributed by atoms with van der Waals surface area (Å²) < 4.78 is 1.94. The third-order valence-electron chi connectivity index (χ3n) is 3.03. The maximum atomic E-state index is 4.12. The van der Waals surface area contributed by atoms with Gasteiger partial charge in [0, 0.05) is 25.3 Å². The molecule has 1 heterocycles. The van der Waals surface area contributed by atoms with E-state index in [4.69, 9.17) is 0 Å². The van der Waals surface area contributed by atoms with Crippen LogP contribution < -0.4 is 5.32 Å². The molecule has 1 saturated carbocycles. The van der Waals surface area contributed by atoms with Crippen molar-refractivity contribution in [2.75, 3.05) is 20.1 Å². The van der Waals surface area contributed by atoms with Crippen molar-refractivity contribution >= 4 is 0 Å². The number of nitrogens with zero attached hydrogens (tertiary/aromatic N) is 4. The van der Waals surface area contributed by atoms with Gasteiger partial charge in [0.1, 0.15) is 0 Å². The van der Waals surface area contributed by atoms with E-state index in [9.17, 15) is 0 Å². The lowest BCUT2D eigenvalue weighted by Gasteiger charge is -2.19. The molecule has 0 aromatic carbocycles. The lowest BCUT2D eigenvalue weighted by Crippen LogP contribution is -2.29. The second-order valence-electron chi connectivity index (χ2n) is 4.36. The first-order valence-corrected chi connectivity index (χ1v) is 6.11. The first-order valence-electron chi connectivity index (χ1n) is 6.11. The van der Waals surface area contributed by atoms with Crippen LogP contribution in [0.4, 0.5) is 0 Å². The number of nitrogens with one attached hydrogen (secondary N) is 1. The van der Waals surface area contributed by atoms with Crippen LogP contribution in [0.15, 0.2) is 6.20 Å². The Kier molecular flexibility index (Phi) is 3.90. The highest BCUT2D eigenvalue weighted by Crippen LogP contribution is 2.26. The Bertz CT molecular complexity index is 318. The summed E-state index contributed by atoms with van der Waals surface area (Å²) in [5.41, 5.74) is 1.01. The molecule has 2 rings (SSSR count). The monoisotopic (exact) mass is 223 g/mol. The van der Waals surface area contributed by atoms with E-state index in [1.54, 1.807) is 0 Å². The van der Waals surface area contributed by atoms with Gasteiger partial charge in [-0.25, -0.2) is 0 Å². The summed E-state index contributed by atoms with van der Waals surface area (Å²) in [4.78, 5) is 2.53. The quantitative estimate of drug-likeness (QED) is 0.730. The molecule has 0 saturated heterocycles. The predicted molar refractivity (Wildman–Crippen MR) is 63.1 cm³/mol. The lowest BCUT2D eigenvalue weighted by atomic mass is 10.4. The van der Waals surface area contributed by atoms with E-state index in [1.165, 1.54) is 12.8 Å². The van der Waals surface area contributed by atoms with Crippen LogP contribution in [0.25, 0.3) is 0 Å². The summed E-state index contributed by atoms with van der Waals surface area (Å²) in [5.74, 6) is 0. The average molecular weight is 223 g/mol. The Labute approximate surface area is 96.8 Å². The third-order valence-corrected chi connectivity index (χ3v) is 3.03. The Hall–Kier alpha value is -0.940. The molecule has 1 aromatic rings. The molecule has 0 unspecified atom stereocenters. The van der Waals surface area contributed by atoms with E-state index in [-0.39, 0.29) is 0 Å². The van der Waals surface area contributed by atoms with Crippen molar-refractivity contribution in [1.82, 2.24) is 25.2 Å². The molecule has 90 valence electrons. The van der Waals surface area contributed by atoms with Gasteiger partial charge in [0.2, 0.25) is 0 Å². The zero-order valence-electron chi connectivity index (χ0n) is 10.2. The molecule has 0 spiro atoms. The van der Waals surface area contributed by atoms with Crippen LogP contribution in [0.1, 0.15) is 25.5 Å². The zero-order chi connectivity index (χ0) is 11.4. The van der Waals surface area contributed by atoms with Crippen molar-refractivity contribution in [3.63, 3.8) is 0 Å². The second kappa shape index (κ2) is 5.41. The number of rotatable bonds is 7. The second-order valence-corrected chi connectivity index (χ2v) is 4.36. The molecule has 5 nitrogen and oxygen atoms in total. The highest BCUT2D eigenvalue weighted by atomic mass is 15.4. The molecule has 0 atom stereocenters. The van der Waals surface area contributed by atoms with E-state index in [2.05, 4.69) is 27.5 Å². The largest absolute Gasteiger partial charge is 0.314 e. The maximum Gasteiger partial charge on any atom is 0.0964 e. The van der Waals surface area contributed by atoms with Crippen LogP contribution in [0.3, 0.4) is 0 Å². The predicted octanol–water partition coefficient (Wildman–Crippen LogP) is 0.482. The van der Waals surface area contributed by atoms with Crippen LogP contribution >= 0.6 is 0 Å². The van der Waals surface area contributed by atoms with Gasteiger partial charge < -0.3 is 5.32 Å². The van der Waals surface area contributed by atoms with Crippen molar-refractivity contribution < 1.29 is 0 Å². The van der Waals surface area contributed by atoms with Gasteiger partial charge in [0.25, 0.3) is 0 Å². The molecule has 1 aliphatic rings. The molecule has 0 aliphatic heterocycles. The average Bonchev–Trinajstić information content (AvgIpc) is 3.02. The normalized spacial score (nSPS) is 15.9. The van der Waals surface area contributed by atoms with Gasteiger partial charge in [-0.05, 0) is 26.4 Å². The topological polar surface area (TPSA) is 46.0 Å². The molecule has 0 bridgehead atoms.